The monoisotopic (exact) mass is 279 g/mol. The van der Waals surface area contributed by atoms with Crippen molar-refractivity contribution >= 4 is 25.9 Å². The van der Waals surface area contributed by atoms with Gasteiger partial charge in [-0.15, -0.1) is 0 Å². The van der Waals surface area contributed by atoms with E-state index in [0.717, 1.165) is 14.1 Å². The molecule has 17 heavy (non-hydrogen) atoms. The third kappa shape index (κ3) is 2.57. The van der Waals surface area contributed by atoms with Gasteiger partial charge in [-0.1, -0.05) is 15.8 Å². The van der Waals surface area contributed by atoms with Crippen molar-refractivity contribution in [1.82, 2.24) is 8.43 Å². The molecule has 0 spiro atoms. The fraction of sp³-hybridized carbons (Fsp3) is 0.250. The van der Waals surface area contributed by atoms with Crippen molar-refractivity contribution in [2.45, 2.75) is 4.90 Å². The molecule has 0 aliphatic heterocycles. The first-order valence-corrected chi connectivity index (χ1v) is 7.38. The Morgan fingerprint density at radius 2 is 1.71 bits per heavy atom. The summed E-state index contributed by atoms with van der Waals surface area (Å²) < 4.78 is 49.0. The van der Waals surface area contributed by atoms with Crippen LogP contribution in [0, 0.1) is 0 Å². The van der Waals surface area contributed by atoms with E-state index >= 15 is 0 Å². The van der Waals surface area contributed by atoms with Crippen LogP contribution < -0.4 is 10.5 Å². The standard InChI is InChI=1S/C8H13N3O4S2/c1-10-17(14,15)11(2)16(12,13)8-6-4-3-5-7(8)9/h3-6,10H,9H2,1-2H3. The van der Waals surface area contributed by atoms with Gasteiger partial charge in [-0.2, -0.15) is 8.42 Å². The van der Waals surface area contributed by atoms with Crippen LogP contribution in [0.5, 0.6) is 0 Å². The number of nitrogens with zero attached hydrogens (tertiary/aromatic N) is 1. The molecule has 3 N–H and O–H groups in total. The van der Waals surface area contributed by atoms with Crippen LogP contribution in [-0.4, -0.2) is 34.6 Å². The van der Waals surface area contributed by atoms with Crippen LogP contribution in [-0.2, 0) is 20.2 Å². The second-order valence-electron chi connectivity index (χ2n) is 3.13. The first-order valence-electron chi connectivity index (χ1n) is 4.50. The van der Waals surface area contributed by atoms with Crippen LogP contribution in [0.25, 0.3) is 0 Å². The summed E-state index contributed by atoms with van der Waals surface area (Å²) in [7, 11) is -6.20. The van der Waals surface area contributed by atoms with Gasteiger partial charge in [-0.05, 0) is 12.1 Å². The molecule has 1 rings (SSSR count). The number of nitrogens with two attached hydrogens (primary N) is 1. The summed E-state index contributed by atoms with van der Waals surface area (Å²) in [5, 5.41) is 0. The molecule has 9 heteroatoms. The highest BCUT2D eigenvalue weighted by Gasteiger charge is 2.31. The molecule has 0 aromatic heterocycles. The molecule has 0 heterocycles. The maximum absolute atomic E-state index is 12.0. The first-order chi connectivity index (χ1) is 7.73. The predicted octanol–water partition coefficient (Wildman–Crippen LogP) is -0.646. The van der Waals surface area contributed by atoms with Gasteiger partial charge in [0.05, 0.1) is 5.69 Å². The lowest BCUT2D eigenvalue weighted by Gasteiger charge is -2.17. The molecule has 0 unspecified atom stereocenters. The highest BCUT2D eigenvalue weighted by molar-refractivity contribution is 8.03. The fourth-order valence-electron chi connectivity index (χ4n) is 1.11. The molecule has 1 aromatic carbocycles. The van der Waals surface area contributed by atoms with E-state index in [9.17, 15) is 16.8 Å². The Morgan fingerprint density at radius 3 is 2.18 bits per heavy atom. The van der Waals surface area contributed by atoms with E-state index in [4.69, 9.17) is 5.73 Å². The summed E-state index contributed by atoms with van der Waals surface area (Å²) in [6.07, 6.45) is 0. The van der Waals surface area contributed by atoms with Gasteiger partial charge in [-0.3, -0.25) is 0 Å². The van der Waals surface area contributed by atoms with E-state index in [1.54, 1.807) is 6.07 Å². The Kier molecular flexibility index (Phi) is 3.77. The normalized spacial score (nSPS) is 12.9. The summed E-state index contributed by atoms with van der Waals surface area (Å²) in [6, 6.07) is 5.64. The topological polar surface area (TPSA) is 110 Å². The number of sulfonamides is 1. The minimum Gasteiger partial charge on any atom is -0.398 e. The number of nitrogens with one attached hydrogen (secondary N) is 1. The quantitative estimate of drug-likeness (QED) is 0.712. The molecule has 0 fully saturated rings. The van der Waals surface area contributed by atoms with Crippen LogP contribution in [0.4, 0.5) is 5.69 Å². The zero-order valence-electron chi connectivity index (χ0n) is 9.28. The number of hydrogen-bond acceptors (Lipinski definition) is 5. The van der Waals surface area contributed by atoms with Crippen molar-refractivity contribution in [3.05, 3.63) is 24.3 Å². The molecule has 0 aliphatic carbocycles. The summed E-state index contributed by atoms with van der Waals surface area (Å²) in [4.78, 5) is -0.249. The molecular formula is C8H13N3O4S2. The smallest absolute Gasteiger partial charge is 0.292 e. The zero-order chi connectivity index (χ0) is 13.3. The predicted molar refractivity (Wildman–Crippen MR) is 63.8 cm³/mol. The minimum atomic E-state index is -4.18. The Balaban J connectivity index is 3.37. The van der Waals surface area contributed by atoms with E-state index in [2.05, 4.69) is 0 Å². The summed E-state index contributed by atoms with van der Waals surface area (Å²) in [5.41, 5.74) is 5.50. The molecule has 0 aliphatic rings. The van der Waals surface area contributed by atoms with E-state index in [1.165, 1.54) is 18.2 Å². The van der Waals surface area contributed by atoms with Crippen LogP contribution in [0.15, 0.2) is 29.2 Å². The average Bonchev–Trinajstić information content (AvgIpc) is 2.28. The third-order valence-corrected chi connectivity index (χ3v) is 6.11. The molecule has 96 valence electrons. The number of anilines is 1. The van der Waals surface area contributed by atoms with Gasteiger partial charge in [0.2, 0.25) is 0 Å². The van der Waals surface area contributed by atoms with Gasteiger partial charge in [0.25, 0.3) is 20.2 Å². The lowest BCUT2D eigenvalue weighted by Crippen LogP contribution is -2.40. The van der Waals surface area contributed by atoms with Crippen molar-refractivity contribution in [3.8, 4) is 0 Å². The molecule has 0 radical (unpaired) electrons. The summed E-state index contributed by atoms with van der Waals surface area (Å²) >= 11 is 0. The van der Waals surface area contributed by atoms with Crippen LogP contribution >= 0.6 is 0 Å². The SMILES string of the molecule is CNS(=O)(=O)N(C)S(=O)(=O)c1ccccc1N. The van der Waals surface area contributed by atoms with Crippen molar-refractivity contribution in [1.29, 1.82) is 0 Å². The first kappa shape index (κ1) is 13.9. The second-order valence-corrected chi connectivity index (χ2v) is 7.21. The average molecular weight is 279 g/mol. The number of rotatable bonds is 4. The van der Waals surface area contributed by atoms with E-state index in [0.29, 0.717) is 0 Å². The summed E-state index contributed by atoms with van der Waals surface area (Å²) in [6.45, 7) is 0. The Bertz CT molecular complexity index is 609. The summed E-state index contributed by atoms with van der Waals surface area (Å²) in [5.74, 6) is 0. The largest absolute Gasteiger partial charge is 0.398 e. The minimum absolute atomic E-state index is 0.00865. The molecule has 0 saturated carbocycles. The Hall–Kier alpha value is -1.16. The van der Waals surface area contributed by atoms with Gasteiger partial charge in [0, 0.05) is 14.1 Å². The highest BCUT2D eigenvalue weighted by Crippen LogP contribution is 2.22. The third-order valence-electron chi connectivity index (χ3n) is 2.13. The van der Waals surface area contributed by atoms with Gasteiger partial charge in [0.15, 0.2) is 0 Å². The van der Waals surface area contributed by atoms with E-state index in [-0.39, 0.29) is 14.3 Å². The van der Waals surface area contributed by atoms with E-state index in [1.807, 2.05) is 4.72 Å². The van der Waals surface area contributed by atoms with Crippen molar-refractivity contribution in [3.63, 3.8) is 0 Å². The van der Waals surface area contributed by atoms with Gasteiger partial charge >= 0.3 is 0 Å². The number of nitrogen functional groups attached to an aromatic ring is 1. The Labute approximate surface area is 100 Å². The van der Waals surface area contributed by atoms with Crippen molar-refractivity contribution < 1.29 is 16.8 Å². The molecule has 7 nitrogen and oxygen atoms in total. The van der Waals surface area contributed by atoms with Gasteiger partial charge < -0.3 is 5.73 Å². The molecule has 0 amide bonds. The lowest BCUT2D eigenvalue weighted by atomic mass is 10.3. The second kappa shape index (κ2) is 4.61. The number of benzene rings is 1. The fourth-order valence-corrected chi connectivity index (χ4v) is 3.76. The van der Waals surface area contributed by atoms with Crippen LogP contribution in [0.1, 0.15) is 0 Å². The number of hydrogen-bond donors (Lipinski definition) is 2. The molecular weight excluding hydrogens is 266 g/mol. The van der Waals surface area contributed by atoms with Gasteiger partial charge in [0.1, 0.15) is 4.90 Å². The zero-order valence-corrected chi connectivity index (χ0v) is 10.9. The van der Waals surface area contributed by atoms with Crippen molar-refractivity contribution in [2.24, 2.45) is 0 Å². The molecule has 0 saturated heterocycles. The maximum atomic E-state index is 12.0. The molecule has 0 bridgehead atoms. The van der Waals surface area contributed by atoms with Gasteiger partial charge in [-0.25, -0.2) is 13.1 Å². The molecule has 0 atom stereocenters. The number of para-hydroxylation sites is 1. The van der Waals surface area contributed by atoms with E-state index < -0.39 is 20.2 Å². The van der Waals surface area contributed by atoms with Crippen molar-refractivity contribution in [2.75, 3.05) is 19.8 Å². The highest BCUT2D eigenvalue weighted by atomic mass is 32.3. The lowest BCUT2D eigenvalue weighted by molar-refractivity contribution is 0.520. The van der Waals surface area contributed by atoms with Crippen LogP contribution in [0.3, 0.4) is 0 Å². The Morgan fingerprint density at radius 1 is 1.18 bits per heavy atom. The van der Waals surface area contributed by atoms with Crippen LogP contribution in [0.2, 0.25) is 0 Å². The maximum Gasteiger partial charge on any atom is 0.292 e. The molecule has 1 aromatic rings.